The maximum Gasteiger partial charge on any atom is 0.325 e. The van der Waals surface area contributed by atoms with Crippen LogP contribution in [0.15, 0.2) is 54.6 Å². The number of carbonyl (C=O) groups excluding carboxylic acids is 3. The van der Waals surface area contributed by atoms with E-state index in [1.165, 1.54) is 4.90 Å². The topological polar surface area (TPSA) is 79.0 Å². The Morgan fingerprint density at radius 2 is 1.76 bits per heavy atom. The lowest BCUT2D eigenvalue weighted by Crippen LogP contribution is -2.45. The SMILES string of the molecule is COc1ccc(CC[C@@]2(C)NC(=O)N(CC(=O)N(C)c3ccccc3)C2=O)cc1. The summed E-state index contributed by atoms with van der Waals surface area (Å²) in [5.41, 5.74) is 0.696. The Kier molecular flexibility index (Phi) is 5.87. The number of aryl methyl sites for hydroxylation is 1. The molecule has 0 aromatic heterocycles. The van der Waals surface area contributed by atoms with Crippen LogP contribution in [0.1, 0.15) is 18.9 Å². The van der Waals surface area contributed by atoms with Gasteiger partial charge in [-0.25, -0.2) is 4.79 Å². The van der Waals surface area contributed by atoms with Crippen LogP contribution >= 0.6 is 0 Å². The number of imide groups is 1. The maximum absolute atomic E-state index is 12.9. The highest BCUT2D eigenvalue weighted by Gasteiger charge is 2.48. The zero-order valence-corrected chi connectivity index (χ0v) is 16.8. The Bertz CT molecular complexity index is 898. The Morgan fingerprint density at radius 1 is 1.10 bits per heavy atom. The number of carbonyl (C=O) groups is 3. The largest absolute Gasteiger partial charge is 0.497 e. The van der Waals surface area contributed by atoms with Gasteiger partial charge in [-0.05, 0) is 49.6 Å². The zero-order valence-electron chi connectivity index (χ0n) is 16.8. The van der Waals surface area contributed by atoms with Gasteiger partial charge < -0.3 is 15.0 Å². The summed E-state index contributed by atoms with van der Waals surface area (Å²) in [4.78, 5) is 40.3. The van der Waals surface area contributed by atoms with E-state index in [0.29, 0.717) is 18.5 Å². The average molecular weight is 395 g/mol. The number of para-hydroxylation sites is 1. The molecule has 0 unspecified atom stereocenters. The first-order valence-corrected chi connectivity index (χ1v) is 9.43. The summed E-state index contributed by atoms with van der Waals surface area (Å²) in [5.74, 6) is 0.0439. The van der Waals surface area contributed by atoms with Crippen molar-refractivity contribution < 1.29 is 19.1 Å². The van der Waals surface area contributed by atoms with Gasteiger partial charge in [-0.1, -0.05) is 30.3 Å². The third-order valence-corrected chi connectivity index (χ3v) is 5.23. The van der Waals surface area contributed by atoms with Gasteiger partial charge >= 0.3 is 6.03 Å². The Labute approximate surface area is 170 Å². The number of likely N-dealkylation sites (N-methyl/N-ethyl adjacent to an activating group) is 1. The van der Waals surface area contributed by atoms with Gasteiger partial charge in [0.15, 0.2) is 0 Å². The Hall–Kier alpha value is -3.35. The molecule has 3 rings (SSSR count). The van der Waals surface area contributed by atoms with Gasteiger partial charge in [-0.15, -0.1) is 0 Å². The lowest BCUT2D eigenvalue weighted by Gasteiger charge is -2.23. The van der Waals surface area contributed by atoms with Crippen LogP contribution in [-0.4, -0.2) is 49.0 Å². The number of nitrogens with one attached hydrogen (secondary N) is 1. The molecule has 1 atom stereocenters. The minimum absolute atomic E-state index is 0.297. The number of benzene rings is 2. The van der Waals surface area contributed by atoms with Gasteiger partial charge in [0.25, 0.3) is 5.91 Å². The highest BCUT2D eigenvalue weighted by molar-refractivity contribution is 6.10. The molecule has 0 aliphatic carbocycles. The smallest absolute Gasteiger partial charge is 0.325 e. The van der Waals surface area contributed by atoms with Crippen LogP contribution in [0.5, 0.6) is 5.75 Å². The molecule has 1 aliphatic rings. The molecule has 1 fully saturated rings. The molecule has 2 aromatic rings. The van der Waals surface area contributed by atoms with Gasteiger partial charge in [-0.3, -0.25) is 14.5 Å². The summed E-state index contributed by atoms with van der Waals surface area (Å²) in [5, 5.41) is 2.75. The van der Waals surface area contributed by atoms with E-state index in [0.717, 1.165) is 16.2 Å². The lowest BCUT2D eigenvalue weighted by molar-refractivity contribution is -0.134. The van der Waals surface area contributed by atoms with Crippen molar-refractivity contribution >= 4 is 23.5 Å². The van der Waals surface area contributed by atoms with E-state index in [9.17, 15) is 14.4 Å². The molecule has 152 valence electrons. The molecule has 0 radical (unpaired) electrons. The molecule has 1 heterocycles. The predicted molar refractivity (Wildman–Crippen MR) is 110 cm³/mol. The van der Waals surface area contributed by atoms with E-state index in [4.69, 9.17) is 4.74 Å². The van der Waals surface area contributed by atoms with E-state index in [2.05, 4.69) is 5.32 Å². The highest BCUT2D eigenvalue weighted by Crippen LogP contribution is 2.24. The first-order chi connectivity index (χ1) is 13.8. The van der Waals surface area contributed by atoms with Crippen molar-refractivity contribution in [2.45, 2.75) is 25.3 Å². The number of rotatable bonds is 7. The quantitative estimate of drug-likeness (QED) is 0.731. The van der Waals surface area contributed by atoms with Crippen molar-refractivity contribution in [3.05, 3.63) is 60.2 Å². The van der Waals surface area contributed by atoms with Crippen molar-refractivity contribution in [1.82, 2.24) is 10.2 Å². The second-order valence-electron chi connectivity index (χ2n) is 7.29. The highest BCUT2D eigenvalue weighted by atomic mass is 16.5. The van der Waals surface area contributed by atoms with Crippen LogP contribution in [-0.2, 0) is 16.0 Å². The van der Waals surface area contributed by atoms with Crippen LogP contribution in [0.2, 0.25) is 0 Å². The van der Waals surface area contributed by atoms with Gasteiger partial charge in [0, 0.05) is 12.7 Å². The molecule has 29 heavy (non-hydrogen) atoms. The van der Waals surface area contributed by atoms with Gasteiger partial charge in [-0.2, -0.15) is 0 Å². The Morgan fingerprint density at radius 3 is 2.38 bits per heavy atom. The molecule has 0 saturated carbocycles. The standard InChI is InChI=1S/C22H25N3O4/c1-22(14-13-16-9-11-18(29-3)12-10-16)20(27)25(21(28)23-22)15-19(26)24(2)17-7-5-4-6-8-17/h4-12H,13-15H2,1-3H3,(H,23,28)/t22-/m1/s1. The number of hydrogen-bond acceptors (Lipinski definition) is 4. The first kappa shape index (κ1) is 20.4. The van der Waals surface area contributed by atoms with Gasteiger partial charge in [0.2, 0.25) is 5.91 Å². The number of anilines is 1. The minimum Gasteiger partial charge on any atom is -0.497 e. The maximum atomic E-state index is 12.9. The molecule has 7 nitrogen and oxygen atoms in total. The van der Waals surface area contributed by atoms with Crippen LogP contribution in [0.3, 0.4) is 0 Å². The second kappa shape index (κ2) is 8.34. The second-order valence-corrected chi connectivity index (χ2v) is 7.29. The summed E-state index contributed by atoms with van der Waals surface area (Å²) in [6.07, 6.45) is 1.04. The van der Waals surface area contributed by atoms with Crippen molar-refractivity contribution in [3.63, 3.8) is 0 Å². The molecule has 1 saturated heterocycles. The molecule has 1 aliphatic heterocycles. The van der Waals surface area contributed by atoms with E-state index in [1.54, 1.807) is 33.2 Å². The number of methoxy groups -OCH3 is 1. The summed E-state index contributed by atoms with van der Waals surface area (Å²) in [7, 11) is 3.23. The fourth-order valence-corrected chi connectivity index (χ4v) is 3.28. The fraction of sp³-hybridized carbons (Fsp3) is 0.318. The van der Waals surface area contributed by atoms with E-state index < -0.39 is 11.6 Å². The van der Waals surface area contributed by atoms with Gasteiger partial charge in [0.05, 0.1) is 7.11 Å². The third kappa shape index (κ3) is 4.39. The number of urea groups is 1. The van der Waals surface area contributed by atoms with Gasteiger partial charge in [0.1, 0.15) is 17.8 Å². The predicted octanol–water partition coefficient (Wildman–Crippen LogP) is 2.60. The molecule has 1 N–H and O–H groups in total. The van der Waals surface area contributed by atoms with Crippen molar-refractivity contribution in [3.8, 4) is 5.75 Å². The third-order valence-electron chi connectivity index (χ3n) is 5.23. The summed E-state index contributed by atoms with van der Waals surface area (Å²) in [6.45, 7) is 1.40. The molecular weight excluding hydrogens is 370 g/mol. The van der Waals surface area contributed by atoms with Crippen LogP contribution in [0.4, 0.5) is 10.5 Å². The van der Waals surface area contributed by atoms with Crippen LogP contribution < -0.4 is 15.0 Å². The molecule has 7 heteroatoms. The van der Waals surface area contributed by atoms with Crippen LogP contribution in [0, 0.1) is 0 Å². The van der Waals surface area contributed by atoms with E-state index in [-0.39, 0.29) is 18.4 Å². The Balaban J connectivity index is 1.64. The molecule has 0 spiro atoms. The normalized spacial score (nSPS) is 18.5. The average Bonchev–Trinajstić information content (AvgIpc) is 2.96. The first-order valence-electron chi connectivity index (χ1n) is 9.43. The fourth-order valence-electron chi connectivity index (χ4n) is 3.28. The summed E-state index contributed by atoms with van der Waals surface area (Å²) < 4.78 is 5.15. The summed E-state index contributed by atoms with van der Waals surface area (Å²) in [6, 6.07) is 16.1. The number of hydrogen-bond donors (Lipinski definition) is 1. The minimum atomic E-state index is -1.04. The van der Waals surface area contributed by atoms with Crippen molar-refractivity contribution in [2.75, 3.05) is 25.6 Å². The zero-order chi connectivity index (χ0) is 21.0. The molecule has 0 bridgehead atoms. The number of nitrogens with zero attached hydrogens (tertiary/aromatic N) is 2. The van der Waals surface area contributed by atoms with E-state index >= 15 is 0 Å². The number of ether oxygens (including phenoxy) is 1. The summed E-state index contributed by atoms with van der Waals surface area (Å²) >= 11 is 0. The molecule has 4 amide bonds. The lowest BCUT2D eigenvalue weighted by atomic mass is 9.93. The van der Waals surface area contributed by atoms with Crippen LogP contribution in [0.25, 0.3) is 0 Å². The van der Waals surface area contributed by atoms with Crippen molar-refractivity contribution in [1.29, 1.82) is 0 Å². The van der Waals surface area contributed by atoms with Crippen molar-refractivity contribution in [2.24, 2.45) is 0 Å². The monoisotopic (exact) mass is 395 g/mol. The molecule has 2 aromatic carbocycles. The number of amides is 4. The van der Waals surface area contributed by atoms with E-state index in [1.807, 2.05) is 42.5 Å². The molecular formula is C22H25N3O4.